The second-order valence-electron chi connectivity index (χ2n) is 7.22. The molecule has 0 radical (unpaired) electrons. The first-order valence-electron chi connectivity index (χ1n) is 10.3. The van der Waals surface area contributed by atoms with Crippen LogP contribution in [0.5, 0.6) is 0 Å². The number of nitrogens with zero attached hydrogens (tertiary/aromatic N) is 3. The SMILES string of the molecule is COCCn1c(SCc2ccc(C(=O)NCc3ccc(F)cc3)cc2)nnc1-c1ccco1. The van der Waals surface area contributed by atoms with Gasteiger partial charge in [-0.15, -0.1) is 10.2 Å². The van der Waals surface area contributed by atoms with Crippen LogP contribution in [0.1, 0.15) is 21.5 Å². The van der Waals surface area contributed by atoms with Gasteiger partial charge in [-0.1, -0.05) is 36.0 Å². The number of hydrogen-bond acceptors (Lipinski definition) is 6. The Morgan fingerprint density at radius 3 is 2.55 bits per heavy atom. The van der Waals surface area contributed by atoms with Gasteiger partial charge in [0.15, 0.2) is 10.9 Å². The van der Waals surface area contributed by atoms with E-state index in [0.717, 1.165) is 16.3 Å². The van der Waals surface area contributed by atoms with Crippen LogP contribution in [0.3, 0.4) is 0 Å². The van der Waals surface area contributed by atoms with Crippen molar-refractivity contribution in [1.82, 2.24) is 20.1 Å². The summed E-state index contributed by atoms with van der Waals surface area (Å²) in [5, 5.41) is 12.2. The fourth-order valence-electron chi connectivity index (χ4n) is 3.15. The van der Waals surface area contributed by atoms with Crippen LogP contribution in [-0.4, -0.2) is 34.4 Å². The van der Waals surface area contributed by atoms with E-state index in [1.807, 2.05) is 28.8 Å². The molecule has 2 aromatic carbocycles. The molecule has 9 heteroatoms. The smallest absolute Gasteiger partial charge is 0.251 e. The normalized spacial score (nSPS) is 11.0. The van der Waals surface area contributed by atoms with Crippen LogP contribution in [0.15, 0.2) is 76.5 Å². The predicted octanol–water partition coefficient (Wildman–Crippen LogP) is 4.55. The molecular formula is C24H23FN4O3S. The topological polar surface area (TPSA) is 82.2 Å². The highest BCUT2D eigenvalue weighted by Crippen LogP contribution is 2.26. The van der Waals surface area contributed by atoms with Crippen molar-refractivity contribution in [2.45, 2.75) is 24.0 Å². The van der Waals surface area contributed by atoms with Gasteiger partial charge in [-0.25, -0.2) is 4.39 Å². The highest BCUT2D eigenvalue weighted by molar-refractivity contribution is 7.98. The number of rotatable bonds is 10. The van der Waals surface area contributed by atoms with Crippen LogP contribution in [0.25, 0.3) is 11.6 Å². The fraction of sp³-hybridized carbons (Fsp3) is 0.208. The van der Waals surface area contributed by atoms with Crippen molar-refractivity contribution in [2.75, 3.05) is 13.7 Å². The minimum absolute atomic E-state index is 0.180. The zero-order valence-electron chi connectivity index (χ0n) is 18.0. The fourth-order valence-corrected chi connectivity index (χ4v) is 4.07. The third-order valence-electron chi connectivity index (χ3n) is 4.93. The van der Waals surface area contributed by atoms with Gasteiger partial charge in [-0.3, -0.25) is 9.36 Å². The second-order valence-corrected chi connectivity index (χ2v) is 8.17. The largest absolute Gasteiger partial charge is 0.461 e. The van der Waals surface area contributed by atoms with Gasteiger partial charge in [0, 0.05) is 25.0 Å². The lowest BCUT2D eigenvalue weighted by Crippen LogP contribution is -2.22. The van der Waals surface area contributed by atoms with E-state index in [2.05, 4.69) is 15.5 Å². The number of ether oxygens (including phenoxy) is 1. The van der Waals surface area contributed by atoms with Crippen LogP contribution in [0.4, 0.5) is 4.39 Å². The molecule has 7 nitrogen and oxygen atoms in total. The summed E-state index contributed by atoms with van der Waals surface area (Å²) in [5.74, 6) is 1.50. The summed E-state index contributed by atoms with van der Waals surface area (Å²) in [7, 11) is 1.65. The van der Waals surface area contributed by atoms with Crippen molar-refractivity contribution in [2.24, 2.45) is 0 Å². The lowest BCUT2D eigenvalue weighted by Gasteiger charge is -2.09. The van der Waals surface area contributed by atoms with Crippen molar-refractivity contribution in [3.05, 3.63) is 89.4 Å². The number of benzene rings is 2. The molecule has 0 saturated heterocycles. The molecule has 1 N–H and O–H groups in total. The van der Waals surface area contributed by atoms with E-state index < -0.39 is 0 Å². The maximum atomic E-state index is 13.0. The number of furan rings is 1. The first kappa shape index (κ1) is 22.8. The molecule has 4 rings (SSSR count). The maximum Gasteiger partial charge on any atom is 0.251 e. The molecule has 0 aliphatic carbocycles. The zero-order valence-corrected chi connectivity index (χ0v) is 18.8. The van der Waals surface area contributed by atoms with Crippen molar-refractivity contribution in [3.8, 4) is 11.6 Å². The molecule has 0 saturated carbocycles. The number of thioether (sulfide) groups is 1. The molecule has 2 heterocycles. The van der Waals surface area contributed by atoms with Crippen molar-refractivity contribution < 1.29 is 18.3 Å². The van der Waals surface area contributed by atoms with Gasteiger partial charge < -0.3 is 14.5 Å². The van der Waals surface area contributed by atoms with Crippen LogP contribution in [-0.2, 0) is 23.6 Å². The summed E-state index contributed by atoms with van der Waals surface area (Å²) < 4.78 is 25.7. The number of nitrogens with one attached hydrogen (secondary N) is 1. The molecule has 2 aromatic heterocycles. The number of amides is 1. The molecule has 0 atom stereocenters. The monoisotopic (exact) mass is 466 g/mol. The molecule has 0 fully saturated rings. The Labute approximate surface area is 195 Å². The number of carbonyl (C=O) groups excluding carboxylic acids is 1. The number of aromatic nitrogens is 3. The van der Waals surface area contributed by atoms with E-state index in [4.69, 9.17) is 9.15 Å². The van der Waals surface area contributed by atoms with Gasteiger partial charge in [0.2, 0.25) is 5.82 Å². The van der Waals surface area contributed by atoms with Gasteiger partial charge >= 0.3 is 0 Å². The van der Waals surface area contributed by atoms with Gasteiger partial charge in [-0.05, 0) is 47.5 Å². The number of carbonyl (C=O) groups is 1. The van der Waals surface area contributed by atoms with E-state index in [9.17, 15) is 9.18 Å². The Kier molecular flexibility index (Phi) is 7.54. The van der Waals surface area contributed by atoms with Crippen molar-refractivity contribution in [3.63, 3.8) is 0 Å². The van der Waals surface area contributed by atoms with E-state index in [1.165, 1.54) is 12.1 Å². The summed E-state index contributed by atoms with van der Waals surface area (Å²) >= 11 is 1.55. The molecule has 4 aromatic rings. The average Bonchev–Trinajstić information content (AvgIpc) is 3.51. The molecule has 0 unspecified atom stereocenters. The maximum absolute atomic E-state index is 13.0. The first-order valence-corrected chi connectivity index (χ1v) is 11.3. The Morgan fingerprint density at radius 1 is 1.09 bits per heavy atom. The number of halogens is 1. The molecule has 0 aliphatic heterocycles. The number of methoxy groups -OCH3 is 1. The number of hydrogen-bond donors (Lipinski definition) is 1. The third-order valence-corrected chi connectivity index (χ3v) is 5.97. The van der Waals surface area contributed by atoms with Crippen LogP contribution >= 0.6 is 11.8 Å². The minimum atomic E-state index is -0.298. The van der Waals surface area contributed by atoms with Crippen LogP contribution < -0.4 is 5.32 Å². The van der Waals surface area contributed by atoms with E-state index in [0.29, 0.717) is 42.6 Å². The lowest BCUT2D eigenvalue weighted by molar-refractivity contribution is 0.0951. The Morgan fingerprint density at radius 2 is 1.85 bits per heavy atom. The molecule has 170 valence electrons. The van der Waals surface area contributed by atoms with E-state index >= 15 is 0 Å². The third kappa shape index (κ3) is 5.88. The highest BCUT2D eigenvalue weighted by Gasteiger charge is 2.16. The summed E-state index contributed by atoms with van der Waals surface area (Å²) in [6.07, 6.45) is 1.61. The molecule has 0 aliphatic rings. The van der Waals surface area contributed by atoms with E-state index in [1.54, 1.807) is 49.4 Å². The zero-order chi connectivity index (χ0) is 23.0. The quantitative estimate of drug-likeness (QED) is 0.346. The molecule has 0 bridgehead atoms. The van der Waals surface area contributed by atoms with Gasteiger partial charge in [0.25, 0.3) is 5.91 Å². The summed E-state index contributed by atoms with van der Waals surface area (Å²) in [4.78, 5) is 12.4. The predicted molar refractivity (Wildman–Crippen MR) is 123 cm³/mol. The first-order chi connectivity index (χ1) is 16.1. The molecule has 33 heavy (non-hydrogen) atoms. The summed E-state index contributed by atoms with van der Waals surface area (Å²) in [6.45, 7) is 1.47. The molecule has 1 amide bonds. The highest BCUT2D eigenvalue weighted by atomic mass is 32.2. The Bertz CT molecular complexity index is 1180. The molecular weight excluding hydrogens is 443 g/mol. The van der Waals surface area contributed by atoms with Crippen LogP contribution in [0, 0.1) is 5.82 Å². The van der Waals surface area contributed by atoms with E-state index in [-0.39, 0.29) is 11.7 Å². The van der Waals surface area contributed by atoms with Crippen molar-refractivity contribution in [1.29, 1.82) is 0 Å². The van der Waals surface area contributed by atoms with Gasteiger partial charge in [-0.2, -0.15) is 0 Å². The lowest BCUT2D eigenvalue weighted by atomic mass is 10.1. The van der Waals surface area contributed by atoms with Gasteiger partial charge in [0.05, 0.1) is 19.4 Å². The molecule has 0 spiro atoms. The average molecular weight is 467 g/mol. The second kappa shape index (κ2) is 10.9. The summed E-state index contributed by atoms with van der Waals surface area (Å²) in [6, 6.07) is 17.1. The standard InChI is InChI=1S/C24H23FN4O3S/c1-31-14-12-29-22(21-3-2-13-32-21)27-28-24(29)33-16-18-4-8-19(9-5-18)23(30)26-15-17-6-10-20(25)11-7-17/h2-11,13H,12,14-16H2,1H3,(H,26,30). The minimum Gasteiger partial charge on any atom is -0.461 e. The van der Waals surface area contributed by atoms with Crippen molar-refractivity contribution >= 4 is 17.7 Å². The Balaban J connectivity index is 1.36. The summed E-state index contributed by atoms with van der Waals surface area (Å²) in [5.41, 5.74) is 2.45. The Hall–Kier alpha value is -3.43. The van der Waals surface area contributed by atoms with Crippen LogP contribution in [0.2, 0.25) is 0 Å². The van der Waals surface area contributed by atoms with Gasteiger partial charge in [0.1, 0.15) is 5.82 Å².